The number of aromatic nitrogens is 3. The molecule has 0 bridgehead atoms. The Bertz CT molecular complexity index is 585. The number of hydrogen-bond donors (Lipinski definition) is 1. The van der Waals surface area contributed by atoms with Crippen molar-refractivity contribution >= 4 is 0 Å². The molecule has 2 rings (SSSR count). The van der Waals surface area contributed by atoms with Crippen LogP contribution >= 0.6 is 0 Å². The SMILES string of the molecule is CCNC(C)c1ccc(F)cc1OCc1ncnn1CC. The van der Waals surface area contributed by atoms with Crippen LogP contribution in [0.3, 0.4) is 0 Å². The van der Waals surface area contributed by atoms with Gasteiger partial charge in [0.25, 0.3) is 0 Å². The summed E-state index contributed by atoms with van der Waals surface area (Å²) in [6.07, 6.45) is 1.50. The van der Waals surface area contributed by atoms with Crippen molar-refractivity contribution in [1.82, 2.24) is 20.1 Å². The molecular weight excluding hydrogens is 271 g/mol. The maximum absolute atomic E-state index is 13.5. The first-order valence-electron chi connectivity index (χ1n) is 7.18. The van der Waals surface area contributed by atoms with Gasteiger partial charge in [-0.2, -0.15) is 5.10 Å². The highest BCUT2D eigenvalue weighted by Gasteiger charge is 2.13. The fraction of sp³-hybridized carbons (Fsp3) is 0.467. The van der Waals surface area contributed by atoms with Gasteiger partial charge in [0.2, 0.25) is 0 Å². The van der Waals surface area contributed by atoms with E-state index < -0.39 is 0 Å². The quantitative estimate of drug-likeness (QED) is 0.852. The lowest BCUT2D eigenvalue weighted by atomic mass is 10.1. The molecule has 0 saturated carbocycles. The fourth-order valence-corrected chi connectivity index (χ4v) is 2.21. The molecule has 1 aromatic carbocycles. The predicted octanol–water partition coefficient (Wildman–Crippen LogP) is 2.69. The van der Waals surface area contributed by atoms with E-state index in [0.29, 0.717) is 5.75 Å². The van der Waals surface area contributed by atoms with Crippen LogP contribution in [0.5, 0.6) is 5.75 Å². The molecule has 1 aromatic heterocycles. The molecule has 6 heteroatoms. The zero-order chi connectivity index (χ0) is 15.2. The number of nitrogens with zero attached hydrogens (tertiary/aromatic N) is 3. The molecular formula is C15H21FN4O. The van der Waals surface area contributed by atoms with Gasteiger partial charge in [-0.15, -0.1) is 0 Å². The molecule has 0 fully saturated rings. The Kier molecular flexibility index (Phi) is 5.27. The Morgan fingerprint density at radius 2 is 2.19 bits per heavy atom. The minimum atomic E-state index is -0.311. The fourth-order valence-electron chi connectivity index (χ4n) is 2.21. The average molecular weight is 292 g/mol. The van der Waals surface area contributed by atoms with Crippen molar-refractivity contribution < 1.29 is 9.13 Å². The first-order chi connectivity index (χ1) is 10.2. The number of aryl methyl sites for hydroxylation is 1. The van der Waals surface area contributed by atoms with Gasteiger partial charge in [-0.25, -0.2) is 14.1 Å². The molecule has 1 N–H and O–H groups in total. The second kappa shape index (κ2) is 7.17. The Morgan fingerprint density at radius 3 is 2.90 bits per heavy atom. The van der Waals surface area contributed by atoms with Gasteiger partial charge in [-0.3, -0.25) is 0 Å². The minimum Gasteiger partial charge on any atom is -0.485 e. The van der Waals surface area contributed by atoms with Gasteiger partial charge < -0.3 is 10.1 Å². The zero-order valence-corrected chi connectivity index (χ0v) is 12.6. The van der Waals surface area contributed by atoms with E-state index in [1.807, 2.05) is 20.8 Å². The first-order valence-corrected chi connectivity index (χ1v) is 7.18. The normalized spacial score (nSPS) is 12.4. The highest BCUT2D eigenvalue weighted by atomic mass is 19.1. The summed E-state index contributed by atoms with van der Waals surface area (Å²) in [5.41, 5.74) is 0.931. The van der Waals surface area contributed by atoms with Gasteiger partial charge in [0, 0.05) is 24.2 Å². The molecule has 1 atom stereocenters. The lowest BCUT2D eigenvalue weighted by Crippen LogP contribution is -2.19. The van der Waals surface area contributed by atoms with Gasteiger partial charge >= 0.3 is 0 Å². The Labute approximate surface area is 124 Å². The van der Waals surface area contributed by atoms with E-state index >= 15 is 0 Å². The van der Waals surface area contributed by atoms with Crippen LogP contribution in [0.1, 0.15) is 38.2 Å². The Morgan fingerprint density at radius 1 is 1.38 bits per heavy atom. The Hall–Kier alpha value is -1.95. The summed E-state index contributed by atoms with van der Waals surface area (Å²) in [7, 11) is 0. The van der Waals surface area contributed by atoms with E-state index in [1.165, 1.54) is 18.5 Å². The summed E-state index contributed by atoms with van der Waals surface area (Å²) in [6.45, 7) is 7.87. The van der Waals surface area contributed by atoms with Gasteiger partial charge in [0.05, 0.1) is 0 Å². The first kappa shape index (κ1) is 15.4. The molecule has 0 aliphatic rings. The molecule has 5 nitrogen and oxygen atoms in total. The summed E-state index contributed by atoms with van der Waals surface area (Å²) >= 11 is 0. The largest absolute Gasteiger partial charge is 0.485 e. The van der Waals surface area contributed by atoms with Crippen LogP contribution in [0.4, 0.5) is 4.39 Å². The van der Waals surface area contributed by atoms with Crippen LogP contribution < -0.4 is 10.1 Å². The predicted molar refractivity (Wildman–Crippen MR) is 78.5 cm³/mol. The molecule has 1 heterocycles. The van der Waals surface area contributed by atoms with Crippen LogP contribution in [0.25, 0.3) is 0 Å². The van der Waals surface area contributed by atoms with E-state index in [1.54, 1.807) is 10.7 Å². The van der Waals surface area contributed by atoms with E-state index in [4.69, 9.17) is 4.74 Å². The van der Waals surface area contributed by atoms with Crippen molar-refractivity contribution in [2.24, 2.45) is 0 Å². The summed E-state index contributed by atoms with van der Waals surface area (Å²) < 4.78 is 21.0. The van der Waals surface area contributed by atoms with E-state index in [9.17, 15) is 4.39 Å². The molecule has 0 aliphatic heterocycles. The van der Waals surface area contributed by atoms with Crippen molar-refractivity contribution in [3.63, 3.8) is 0 Å². The lowest BCUT2D eigenvalue weighted by molar-refractivity contribution is 0.280. The van der Waals surface area contributed by atoms with E-state index in [-0.39, 0.29) is 18.5 Å². The van der Waals surface area contributed by atoms with Crippen LogP contribution in [0.2, 0.25) is 0 Å². The highest BCUT2D eigenvalue weighted by Crippen LogP contribution is 2.26. The number of benzene rings is 1. The maximum atomic E-state index is 13.5. The number of halogens is 1. The molecule has 0 spiro atoms. The Balaban J connectivity index is 2.16. The third-order valence-corrected chi connectivity index (χ3v) is 3.30. The molecule has 0 amide bonds. The maximum Gasteiger partial charge on any atom is 0.164 e. The molecule has 114 valence electrons. The second-order valence-electron chi connectivity index (χ2n) is 4.74. The minimum absolute atomic E-state index is 0.0923. The number of ether oxygens (including phenoxy) is 1. The van der Waals surface area contributed by atoms with Crippen molar-refractivity contribution in [2.45, 2.75) is 40.0 Å². The van der Waals surface area contributed by atoms with Gasteiger partial charge in [0.15, 0.2) is 5.82 Å². The molecule has 2 aromatic rings. The van der Waals surface area contributed by atoms with Crippen molar-refractivity contribution in [3.8, 4) is 5.75 Å². The van der Waals surface area contributed by atoms with Gasteiger partial charge in [-0.1, -0.05) is 13.0 Å². The van der Waals surface area contributed by atoms with Crippen molar-refractivity contribution in [1.29, 1.82) is 0 Å². The van der Waals surface area contributed by atoms with Crippen molar-refractivity contribution in [3.05, 3.63) is 41.7 Å². The molecule has 0 radical (unpaired) electrons. The number of nitrogens with one attached hydrogen (secondary N) is 1. The van der Waals surface area contributed by atoms with Crippen LogP contribution in [0.15, 0.2) is 24.5 Å². The van der Waals surface area contributed by atoms with Gasteiger partial charge in [-0.05, 0) is 26.5 Å². The van der Waals surface area contributed by atoms with Crippen molar-refractivity contribution in [2.75, 3.05) is 6.54 Å². The molecule has 0 saturated heterocycles. The third-order valence-electron chi connectivity index (χ3n) is 3.30. The zero-order valence-electron chi connectivity index (χ0n) is 12.6. The van der Waals surface area contributed by atoms with E-state index in [2.05, 4.69) is 15.4 Å². The number of hydrogen-bond acceptors (Lipinski definition) is 4. The molecule has 21 heavy (non-hydrogen) atoms. The summed E-state index contributed by atoms with van der Waals surface area (Å²) in [4.78, 5) is 4.15. The van der Waals surface area contributed by atoms with Crippen LogP contribution in [0, 0.1) is 5.82 Å². The third kappa shape index (κ3) is 3.78. The average Bonchev–Trinajstić information content (AvgIpc) is 2.92. The van der Waals surface area contributed by atoms with Crippen LogP contribution in [-0.2, 0) is 13.2 Å². The van der Waals surface area contributed by atoms with Crippen LogP contribution in [-0.4, -0.2) is 21.3 Å². The molecule has 1 unspecified atom stereocenters. The monoisotopic (exact) mass is 292 g/mol. The number of rotatable bonds is 7. The van der Waals surface area contributed by atoms with E-state index in [0.717, 1.165) is 24.5 Å². The standard InChI is InChI=1S/C15H21FN4O/c1-4-17-11(3)13-7-6-12(16)8-14(13)21-9-15-18-10-19-20(15)5-2/h6-8,10-11,17H,4-5,9H2,1-3H3. The summed E-state index contributed by atoms with van der Waals surface area (Å²) in [6, 6.07) is 4.71. The topological polar surface area (TPSA) is 52.0 Å². The molecule has 0 aliphatic carbocycles. The second-order valence-corrected chi connectivity index (χ2v) is 4.74. The highest BCUT2D eigenvalue weighted by molar-refractivity contribution is 5.36. The summed E-state index contributed by atoms with van der Waals surface area (Å²) in [5.74, 6) is 0.951. The smallest absolute Gasteiger partial charge is 0.164 e. The van der Waals surface area contributed by atoms with Gasteiger partial charge in [0.1, 0.15) is 24.5 Å². The lowest BCUT2D eigenvalue weighted by Gasteiger charge is -2.17. The summed E-state index contributed by atoms with van der Waals surface area (Å²) in [5, 5.41) is 7.39.